The Bertz CT molecular complexity index is 521. The molecule has 88 valence electrons. The van der Waals surface area contributed by atoms with Crippen LogP contribution in [0.2, 0.25) is 0 Å². The summed E-state index contributed by atoms with van der Waals surface area (Å²) < 4.78 is 5.60. The number of Topliss-reactive ketones (excluding diaryl/α,β-unsaturated/α-hetero) is 1. The first-order valence-electron chi connectivity index (χ1n) is 5.99. The first-order chi connectivity index (χ1) is 8.25. The molecule has 3 heteroatoms. The van der Waals surface area contributed by atoms with E-state index in [1.807, 2.05) is 37.3 Å². The Balaban J connectivity index is 1.89. The molecule has 0 spiro atoms. The normalized spacial score (nSPS) is 17.9. The van der Waals surface area contributed by atoms with Crippen LogP contribution in [0.4, 0.5) is 0 Å². The number of carbonyl (C=O) groups is 1. The maximum absolute atomic E-state index is 12.2. The van der Waals surface area contributed by atoms with Crippen molar-refractivity contribution in [2.75, 3.05) is 13.1 Å². The third kappa shape index (κ3) is 1.76. The highest BCUT2D eigenvalue weighted by Gasteiger charge is 2.30. The standard InChI is InChI=1S/C14H15NO2/c1-9(11-7-15-8-11)14(16)13-6-10-4-2-3-5-12(10)17-13/h2-6,9,11,15H,7-8H2,1H3. The SMILES string of the molecule is CC(C(=O)c1cc2ccccc2o1)C1CNC1. The summed E-state index contributed by atoms with van der Waals surface area (Å²) in [6.45, 7) is 3.86. The van der Waals surface area contributed by atoms with Crippen LogP contribution in [0.15, 0.2) is 34.7 Å². The molecule has 1 aromatic carbocycles. The minimum Gasteiger partial charge on any atom is -0.453 e. The van der Waals surface area contributed by atoms with Crippen molar-refractivity contribution in [1.82, 2.24) is 5.32 Å². The largest absolute Gasteiger partial charge is 0.453 e. The van der Waals surface area contributed by atoms with Gasteiger partial charge in [0.1, 0.15) is 5.58 Å². The topological polar surface area (TPSA) is 42.2 Å². The molecule has 3 rings (SSSR count). The number of hydrogen-bond acceptors (Lipinski definition) is 3. The summed E-state index contributed by atoms with van der Waals surface area (Å²) in [7, 11) is 0. The van der Waals surface area contributed by atoms with Crippen LogP contribution in [0.25, 0.3) is 11.0 Å². The summed E-state index contributed by atoms with van der Waals surface area (Å²) in [5.41, 5.74) is 0.787. The summed E-state index contributed by atoms with van der Waals surface area (Å²) in [5, 5.41) is 4.19. The van der Waals surface area contributed by atoms with Crippen molar-refractivity contribution in [2.45, 2.75) is 6.92 Å². The second kappa shape index (κ2) is 4.00. The first kappa shape index (κ1) is 10.5. The van der Waals surface area contributed by atoms with Crippen molar-refractivity contribution >= 4 is 16.8 Å². The number of para-hydroxylation sites is 1. The van der Waals surface area contributed by atoms with Gasteiger partial charge in [-0.25, -0.2) is 0 Å². The van der Waals surface area contributed by atoms with Crippen molar-refractivity contribution in [3.8, 4) is 0 Å². The van der Waals surface area contributed by atoms with Crippen molar-refractivity contribution < 1.29 is 9.21 Å². The fraction of sp³-hybridized carbons (Fsp3) is 0.357. The van der Waals surface area contributed by atoms with Gasteiger partial charge < -0.3 is 9.73 Å². The van der Waals surface area contributed by atoms with Gasteiger partial charge in [-0.05, 0) is 31.1 Å². The zero-order valence-corrected chi connectivity index (χ0v) is 9.77. The monoisotopic (exact) mass is 229 g/mol. The first-order valence-corrected chi connectivity index (χ1v) is 5.99. The lowest BCUT2D eigenvalue weighted by Gasteiger charge is -2.31. The van der Waals surface area contributed by atoms with E-state index in [2.05, 4.69) is 5.32 Å². The van der Waals surface area contributed by atoms with E-state index < -0.39 is 0 Å². The summed E-state index contributed by atoms with van der Waals surface area (Å²) in [6.07, 6.45) is 0. The number of nitrogens with one attached hydrogen (secondary N) is 1. The van der Waals surface area contributed by atoms with Gasteiger partial charge in [-0.3, -0.25) is 4.79 Å². The highest BCUT2D eigenvalue weighted by Crippen LogP contribution is 2.25. The van der Waals surface area contributed by atoms with Gasteiger partial charge in [0, 0.05) is 11.3 Å². The Morgan fingerprint density at radius 3 is 2.82 bits per heavy atom. The molecule has 2 aromatic rings. The van der Waals surface area contributed by atoms with E-state index in [4.69, 9.17) is 4.42 Å². The third-order valence-electron chi connectivity index (χ3n) is 3.60. The maximum atomic E-state index is 12.2. The van der Waals surface area contributed by atoms with Gasteiger partial charge in [0.2, 0.25) is 5.78 Å². The Kier molecular flexibility index (Phi) is 2.48. The van der Waals surface area contributed by atoms with Crippen LogP contribution in [-0.4, -0.2) is 18.9 Å². The lowest BCUT2D eigenvalue weighted by atomic mass is 9.85. The summed E-state index contributed by atoms with van der Waals surface area (Å²) in [4.78, 5) is 12.2. The van der Waals surface area contributed by atoms with Crippen molar-refractivity contribution in [1.29, 1.82) is 0 Å². The molecule has 1 atom stereocenters. The molecule has 0 aliphatic carbocycles. The zero-order valence-electron chi connectivity index (χ0n) is 9.77. The minimum atomic E-state index is 0.0387. The summed E-state index contributed by atoms with van der Waals surface area (Å²) in [5.74, 6) is 1.10. The smallest absolute Gasteiger partial charge is 0.201 e. The highest BCUT2D eigenvalue weighted by atomic mass is 16.3. The average molecular weight is 229 g/mol. The summed E-state index contributed by atoms with van der Waals surface area (Å²) >= 11 is 0. The van der Waals surface area contributed by atoms with Crippen LogP contribution < -0.4 is 5.32 Å². The lowest BCUT2D eigenvalue weighted by Crippen LogP contribution is -2.47. The van der Waals surface area contributed by atoms with Crippen molar-refractivity contribution in [3.05, 3.63) is 36.1 Å². The number of fused-ring (bicyclic) bond motifs is 1. The molecule has 1 unspecified atom stereocenters. The lowest BCUT2D eigenvalue weighted by molar-refractivity contribution is 0.0827. The van der Waals surface area contributed by atoms with Crippen LogP contribution in [0, 0.1) is 11.8 Å². The molecule has 1 N–H and O–H groups in total. The van der Waals surface area contributed by atoms with E-state index in [0.717, 1.165) is 24.1 Å². The molecule has 0 radical (unpaired) electrons. The van der Waals surface area contributed by atoms with Crippen LogP contribution in [0.3, 0.4) is 0 Å². The number of carbonyl (C=O) groups excluding carboxylic acids is 1. The number of benzene rings is 1. The van der Waals surface area contributed by atoms with Gasteiger partial charge in [0.05, 0.1) is 0 Å². The Morgan fingerprint density at radius 2 is 2.18 bits per heavy atom. The van der Waals surface area contributed by atoms with Gasteiger partial charge in [-0.2, -0.15) is 0 Å². The number of ketones is 1. The number of furan rings is 1. The molecule has 1 aliphatic rings. The van der Waals surface area contributed by atoms with Crippen LogP contribution in [-0.2, 0) is 0 Å². The minimum absolute atomic E-state index is 0.0387. The second-order valence-corrected chi connectivity index (χ2v) is 4.72. The molecule has 1 fully saturated rings. The van der Waals surface area contributed by atoms with Gasteiger partial charge >= 0.3 is 0 Å². The Morgan fingerprint density at radius 1 is 1.41 bits per heavy atom. The molecule has 1 aliphatic heterocycles. The average Bonchev–Trinajstić information content (AvgIpc) is 2.68. The van der Waals surface area contributed by atoms with Crippen LogP contribution in [0.5, 0.6) is 0 Å². The van der Waals surface area contributed by atoms with E-state index in [0.29, 0.717) is 11.7 Å². The quantitative estimate of drug-likeness (QED) is 0.822. The molecule has 1 aromatic heterocycles. The highest BCUT2D eigenvalue weighted by molar-refractivity contribution is 5.99. The van der Waals surface area contributed by atoms with Crippen LogP contribution in [0.1, 0.15) is 17.5 Å². The predicted octanol–water partition coefficient (Wildman–Crippen LogP) is 2.47. The molecule has 3 nitrogen and oxygen atoms in total. The summed E-state index contributed by atoms with van der Waals surface area (Å²) in [6, 6.07) is 9.57. The Hall–Kier alpha value is -1.61. The number of hydrogen-bond donors (Lipinski definition) is 1. The second-order valence-electron chi connectivity index (χ2n) is 4.72. The third-order valence-corrected chi connectivity index (χ3v) is 3.60. The molecular formula is C14H15NO2. The van der Waals surface area contributed by atoms with Crippen molar-refractivity contribution in [2.24, 2.45) is 11.8 Å². The van der Waals surface area contributed by atoms with E-state index >= 15 is 0 Å². The molecule has 0 bridgehead atoms. The zero-order chi connectivity index (χ0) is 11.8. The van der Waals surface area contributed by atoms with Gasteiger partial charge in [0.25, 0.3) is 0 Å². The molecule has 2 heterocycles. The molecule has 17 heavy (non-hydrogen) atoms. The fourth-order valence-corrected chi connectivity index (χ4v) is 2.21. The van der Waals surface area contributed by atoms with Gasteiger partial charge in [0.15, 0.2) is 5.76 Å². The number of rotatable bonds is 3. The molecule has 0 amide bonds. The van der Waals surface area contributed by atoms with Crippen LogP contribution >= 0.6 is 0 Å². The van der Waals surface area contributed by atoms with E-state index in [1.54, 1.807) is 0 Å². The van der Waals surface area contributed by atoms with E-state index in [9.17, 15) is 4.79 Å². The van der Waals surface area contributed by atoms with E-state index in [-0.39, 0.29) is 11.7 Å². The Labute approximate surface area is 99.8 Å². The fourth-order valence-electron chi connectivity index (χ4n) is 2.21. The molecular weight excluding hydrogens is 214 g/mol. The maximum Gasteiger partial charge on any atom is 0.201 e. The predicted molar refractivity (Wildman–Crippen MR) is 66.1 cm³/mol. The molecule has 0 saturated carbocycles. The van der Waals surface area contributed by atoms with Crippen molar-refractivity contribution in [3.63, 3.8) is 0 Å². The van der Waals surface area contributed by atoms with E-state index in [1.165, 1.54) is 0 Å². The van der Waals surface area contributed by atoms with Gasteiger partial charge in [-0.1, -0.05) is 25.1 Å². The molecule has 1 saturated heterocycles. The van der Waals surface area contributed by atoms with Gasteiger partial charge in [-0.15, -0.1) is 0 Å².